The van der Waals surface area contributed by atoms with E-state index in [-0.39, 0.29) is 12.3 Å². The Hall–Kier alpha value is -3.78. The van der Waals surface area contributed by atoms with Crippen LogP contribution >= 0.6 is 11.6 Å². The maximum absolute atomic E-state index is 14.0. The molecule has 7 nitrogen and oxygen atoms in total. The molecule has 3 aromatic heterocycles. The van der Waals surface area contributed by atoms with Gasteiger partial charge in [0.1, 0.15) is 23.8 Å². The van der Waals surface area contributed by atoms with Gasteiger partial charge in [-0.05, 0) is 61.1 Å². The number of rotatable bonds is 7. The van der Waals surface area contributed by atoms with Crippen molar-refractivity contribution in [2.75, 3.05) is 0 Å². The summed E-state index contributed by atoms with van der Waals surface area (Å²) in [5.74, 6) is 0.293. The number of hydrogen-bond acceptors (Lipinski definition) is 5. The van der Waals surface area contributed by atoms with Crippen molar-refractivity contribution in [1.82, 2.24) is 19.5 Å². The third-order valence-electron chi connectivity index (χ3n) is 6.46. The van der Waals surface area contributed by atoms with E-state index in [1.165, 1.54) is 12.1 Å². The van der Waals surface area contributed by atoms with Gasteiger partial charge in [-0.1, -0.05) is 29.8 Å². The molecule has 0 saturated heterocycles. The lowest BCUT2D eigenvalue weighted by Gasteiger charge is -2.21. The third kappa shape index (κ3) is 5.09. The van der Waals surface area contributed by atoms with Crippen LogP contribution in [0.15, 0.2) is 54.6 Å². The molecule has 0 fully saturated rings. The van der Waals surface area contributed by atoms with E-state index < -0.39 is 11.8 Å². The molecule has 0 spiro atoms. The molecule has 0 aliphatic heterocycles. The highest BCUT2D eigenvalue weighted by Crippen LogP contribution is 2.32. The predicted molar refractivity (Wildman–Crippen MR) is 134 cm³/mol. The van der Waals surface area contributed by atoms with Gasteiger partial charge in [-0.25, -0.2) is 24.1 Å². The monoisotopic (exact) mass is 506 g/mol. The number of imidazole rings is 1. The summed E-state index contributed by atoms with van der Waals surface area (Å²) < 4.78 is 21.6. The molecule has 1 unspecified atom stereocenters. The summed E-state index contributed by atoms with van der Waals surface area (Å²) in [5, 5.41) is 9.56. The molecule has 184 valence electrons. The first-order valence-electron chi connectivity index (χ1n) is 11.7. The lowest BCUT2D eigenvalue weighted by molar-refractivity contribution is 0.0691. The summed E-state index contributed by atoms with van der Waals surface area (Å²) in [5.41, 5.74) is 3.73. The van der Waals surface area contributed by atoms with E-state index >= 15 is 0 Å². The van der Waals surface area contributed by atoms with E-state index in [9.17, 15) is 14.3 Å². The lowest BCUT2D eigenvalue weighted by Crippen LogP contribution is -2.12. The second-order valence-corrected chi connectivity index (χ2v) is 9.33. The molecule has 1 aromatic carbocycles. The zero-order valence-electron chi connectivity index (χ0n) is 19.6. The summed E-state index contributed by atoms with van der Waals surface area (Å²) in [7, 11) is 1.87. The van der Waals surface area contributed by atoms with E-state index in [1.54, 1.807) is 24.3 Å². The molecule has 4 aromatic rings. The number of benzene rings is 1. The molecule has 3 heterocycles. The fourth-order valence-corrected chi connectivity index (χ4v) is 4.60. The second kappa shape index (κ2) is 10.1. The van der Waals surface area contributed by atoms with E-state index in [0.29, 0.717) is 33.5 Å². The first-order chi connectivity index (χ1) is 17.4. The SMILES string of the molecule is Cn1c(CC2CC=C(c3cccc(OCc4ccc(Cl)cc4F)n3)CC2)nc2ccc(C(=O)O)nc21. The van der Waals surface area contributed by atoms with Gasteiger partial charge in [0.15, 0.2) is 11.3 Å². The number of ether oxygens (including phenoxy) is 1. The molecule has 0 bridgehead atoms. The van der Waals surface area contributed by atoms with Gasteiger partial charge in [0.2, 0.25) is 5.88 Å². The normalized spacial score (nSPS) is 15.6. The Labute approximate surface area is 212 Å². The summed E-state index contributed by atoms with van der Waals surface area (Å²) in [4.78, 5) is 24.8. The van der Waals surface area contributed by atoms with Gasteiger partial charge >= 0.3 is 5.97 Å². The second-order valence-electron chi connectivity index (χ2n) is 8.89. The number of aromatic carboxylic acids is 1. The van der Waals surface area contributed by atoms with Gasteiger partial charge in [0, 0.05) is 30.1 Å². The molecule has 1 aliphatic carbocycles. The van der Waals surface area contributed by atoms with Crippen molar-refractivity contribution in [3.8, 4) is 5.88 Å². The highest BCUT2D eigenvalue weighted by Gasteiger charge is 2.20. The molecule has 0 amide bonds. The van der Waals surface area contributed by atoms with Crippen LogP contribution in [-0.2, 0) is 20.1 Å². The van der Waals surface area contributed by atoms with Crippen LogP contribution in [0.5, 0.6) is 5.88 Å². The van der Waals surface area contributed by atoms with Gasteiger partial charge in [-0.2, -0.15) is 0 Å². The molecule has 36 heavy (non-hydrogen) atoms. The van der Waals surface area contributed by atoms with Crippen LogP contribution in [0, 0.1) is 11.7 Å². The zero-order chi connectivity index (χ0) is 25.2. The minimum Gasteiger partial charge on any atom is -0.477 e. The summed E-state index contributed by atoms with van der Waals surface area (Å²) in [6, 6.07) is 13.3. The Morgan fingerprint density at radius 3 is 2.81 bits per heavy atom. The average molecular weight is 507 g/mol. The van der Waals surface area contributed by atoms with Crippen LogP contribution in [0.3, 0.4) is 0 Å². The summed E-state index contributed by atoms with van der Waals surface area (Å²) >= 11 is 5.81. The van der Waals surface area contributed by atoms with Gasteiger partial charge in [0.25, 0.3) is 0 Å². The Bertz CT molecular complexity index is 1480. The Kier molecular flexibility index (Phi) is 6.69. The first kappa shape index (κ1) is 23.9. The maximum atomic E-state index is 14.0. The molecular weight excluding hydrogens is 483 g/mol. The first-order valence-corrected chi connectivity index (χ1v) is 12.0. The summed E-state index contributed by atoms with van der Waals surface area (Å²) in [6.07, 6.45) is 5.73. The number of carbonyl (C=O) groups is 1. The van der Waals surface area contributed by atoms with Crippen molar-refractivity contribution in [3.63, 3.8) is 0 Å². The Morgan fingerprint density at radius 2 is 2.06 bits per heavy atom. The van der Waals surface area contributed by atoms with Gasteiger partial charge in [-0.3, -0.25) is 0 Å². The summed E-state index contributed by atoms with van der Waals surface area (Å²) in [6.45, 7) is 0.0708. The van der Waals surface area contributed by atoms with Crippen molar-refractivity contribution < 1.29 is 19.0 Å². The van der Waals surface area contributed by atoms with Crippen molar-refractivity contribution in [1.29, 1.82) is 0 Å². The van der Waals surface area contributed by atoms with Crippen LogP contribution in [0.4, 0.5) is 4.39 Å². The van der Waals surface area contributed by atoms with Crippen LogP contribution in [-0.4, -0.2) is 30.6 Å². The molecule has 1 N–H and O–H groups in total. The highest BCUT2D eigenvalue weighted by molar-refractivity contribution is 6.30. The van der Waals surface area contributed by atoms with Crippen molar-refractivity contribution >= 4 is 34.3 Å². The van der Waals surface area contributed by atoms with Gasteiger partial charge in [-0.15, -0.1) is 0 Å². The van der Waals surface area contributed by atoms with Crippen LogP contribution < -0.4 is 4.74 Å². The minimum absolute atomic E-state index is 0.0132. The average Bonchev–Trinajstić information content (AvgIpc) is 3.18. The van der Waals surface area contributed by atoms with Crippen molar-refractivity contribution in [2.24, 2.45) is 13.0 Å². The number of halogens is 2. The molecular formula is C27H24ClFN4O3. The number of carboxylic acids is 1. The number of aromatic nitrogens is 4. The van der Waals surface area contributed by atoms with Gasteiger partial charge < -0.3 is 14.4 Å². The van der Waals surface area contributed by atoms with E-state index in [4.69, 9.17) is 16.3 Å². The van der Waals surface area contributed by atoms with Crippen molar-refractivity contribution in [2.45, 2.75) is 32.3 Å². The third-order valence-corrected chi connectivity index (χ3v) is 6.70. The smallest absolute Gasteiger partial charge is 0.354 e. The van der Waals surface area contributed by atoms with E-state index in [0.717, 1.165) is 42.8 Å². The van der Waals surface area contributed by atoms with E-state index in [2.05, 4.69) is 21.0 Å². The number of aryl methyl sites for hydroxylation is 1. The number of nitrogens with zero attached hydrogens (tertiary/aromatic N) is 4. The lowest BCUT2D eigenvalue weighted by atomic mass is 9.86. The van der Waals surface area contributed by atoms with Crippen LogP contribution in [0.2, 0.25) is 5.02 Å². The molecule has 0 radical (unpaired) electrons. The van der Waals surface area contributed by atoms with Crippen LogP contribution in [0.1, 0.15) is 46.8 Å². The fraction of sp³-hybridized carbons (Fsp3) is 0.259. The van der Waals surface area contributed by atoms with Crippen molar-refractivity contribution in [3.05, 3.63) is 88.2 Å². The highest BCUT2D eigenvalue weighted by atomic mass is 35.5. The minimum atomic E-state index is -1.05. The number of allylic oxidation sites excluding steroid dienone is 2. The molecule has 0 saturated carbocycles. The Balaban J connectivity index is 1.24. The standard InChI is InChI=1S/C27H24ClFN4O3/c1-33-24(30-22-11-12-23(27(34)35)32-26(22)33)13-16-5-7-17(8-6-16)21-3-2-4-25(31-21)36-15-18-9-10-19(28)14-20(18)29/h2-4,7,9-12,14,16H,5-6,8,13,15H2,1H3,(H,34,35). The molecule has 9 heteroatoms. The zero-order valence-corrected chi connectivity index (χ0v) is 20.4. The topological polar surface area (TPSA) is 90.1 Å². The quantitative estimate of drug-likeness (QED) is 0.337. The molecule has 1 aliphatic rings. The maximum Gasteiger partial charge on any atom is 0.354 e. The predicted octanol–water partition coefficient (Wildman–Crippen LogP) is 5.86. The molecule has 1 atom stereocenters. The Morgan fingerprint density at radius 1 is 1.19 bits per heavy atom. The number of pyridine rings is 2. The number of hydrogen-bond donors (Lipinski definition) is 1. The fourth-order valence-electron chi connectivity index (χ4n) is 4.44. The van der Waals surface area contributed by atoms with Gasteiger partial charge in [0.05, 0.1) is 5.69 Å². The molecule has 5 rings (SSSR count). The van der Waals surface area contributed by atoms with E-state index in [1.807, 2.05) is 23.7 Å². The van der Waals surface area contributed by atoms with Crippen LogP contribution in [0.25, 0.3) is 16.7 Å². The number of fused-ring (bicyclic) bond motifs is 1. The largest absolute Gasteiger partial charge is 0.477 e. The number of carboxylic acid groups (broad SMARTS) is 1.